The van der Waals surface area contributed by atoms with E-state index in [0.29, 0.717) is 12.8 Å². The molecule has 12 unspecified atom stereocenters. The van der Waals surface area contributed by atoms with E-state index in [9.17, 15) is 45.6 Å². The van der Waals surface area contributed by atoms with Crippen LogP contribution >= 0.6 is 0 Å². The van der Waals surface area contributed by atoms with Crippen LogP contribution in [0.15, 0.2) is 0 Å². The maximum atomic E-state index is 13.0. The number of unbranched alkanes of at least 4 members (excludes halogenated alkanes) is 23. The largest absolute Gasteiger partial charge is 0.394 e. The van der Waals surface area contributed by atoms with Crippen molar-refractivity contribution in [2.45, 2.75) is 261 Å². The van der Waals surface area contributed by atoms with Crippen molar-refractivity contribution in [3.8, 4) is 0 Å². The van der Waals surface area contributed by atoms with E-state index >= 15 is 0 Å². The molecule has 0 radical (unpaired) electrons. The molecular formula is C45H87NO13. The number of aliphatic hydroxyl groups excluding tert-OH is 8. The Morgan fingerprint density at radius 2 is 0.966 bits per heavy atom. The molecule has 2 saturated heterocycles. The zero-order chi connectivity index (χ0) is 43.3. The summed E-state index contributed by atoms with van der Waals surface area (Å²) in [5.74, 6) is -0.211. The zero-order valence-corrected chi connectivity index (χ0v) is 36.8. The van der Waals surface area contributed by atoms with Crippen LogP contribution in [0.1, 0.15) is 187 Å². The van der Waals surface area contributed by atoms with Crippen LogP contribution in [0.2, 0.25) is 0 Å². The monoisotopic (exact) mass is 850 g/mol. The number of amides is 1. The van der Waals surface area contributed by atoms with Gasteiger partial charge in [0.25, 0.3) is 0 Å². The van der Waals surface area contributed by atoms with Crippen molar-refractivity contribution < 1.29 is 64.6 Å². The molecule has 0 saturated carbocycles. The second kappa shape index (κ2) is 33.5. The predicted octanol–water partition coefficient (Wildman–Crippen LogP) is 5.05. The smallest absolute Gasteiger partial charge is 0.220 e. The number of rotatable bonds is 36. The van der Waals surface area contributed by atoms with Gasteiger partial charge >= 0.3 is 0 Å². The van der Waals surface area contributed by atoms with Gasteiger partial charge in [0.2, 0.25) is 5.91 Å². The van der Waals surface area contributed by atoms with E-state index in [1.165, 1.54) is 103 Å². The van der Waals surface area contributed by atoms with Crippen molar-refractivity contribution >= 4 is 5.91 Å². The molecular weight excluding hydrogens is 762 g/mol. The molecule has 0 bridgehead atoms. The van der Waals surface area contributed by atoms with E-state index in [4.69, 9.17) is 18.9 Å². The van der Waals surface area contributed by atoms with Gasteiger partial charge in [-0.25, -0.2) is 0 Å². The molecule has 12 atom stereocenters. The fraction of sp³-hybridized carbons (Fsp3) is 0.978. The molecule has 0 aromatic heterocycles. The predicted molar refractivity (Wildman–Crippen MR) is 226 cm³/mol. The molecule has 59 heavy (non-hydrogen) atoms. The van der Waals surface area contributed by atoms with Gasteiger partial charge in [-0.2, -0.15) is 0 Å². The Labute approximate surface area is 355 Å². The topological polar surface area (TPSA) is 228 Å². The van der Waals surface area contributed by atoms with Crippen LogP contribution in [0.3, 0.4) is 0 Å². The van der Waals surface area contributed by atoms with Crippen molar-refractivity contribution in [3.05, 3.63) is 0 Å². The number of carbonyl (C=O) groups excluding carboxylic acids is 1. The normalized spacial score (nSPS) is 28.4. The van der Waals surface area contributed by atoms with Crippen LogP contribution in [0.4, 0.5) is 0 Å². The molecule has 0 aromatic rings. The Morgan fingerprint density at radius 3 is 1.44 bits per heavy atom. The minimum atomic E-state index is -1.78. The van der Waals surface area contributed by atoms with Gasteiger partial charge in [-0.05, 0) is 12.8 Å². The van der Waals surface area contributed by atoms with Crippen LogP contribution in [0.25, 0.3) is 0 Å². The highest BCUT2D eigenvalue weighted by molar-refractivity contribution is 5.76. The first-order valence-corrected chi connectivity index (χ1v) is 23.8. The van der Waals surface area contributed by atoms with E-state index in [1.807, 2.05) is 0 Å². The number of carbonyl (C=O) groups is 1. The van der Waals surface area contributed by atoms with E-state index in [-0.39, 0.29) is 12.5 Å². The maximum Gasteiger partial charge on any atom is 0.220 e. The molecule has 350 valence electrons. The van der Waals surface area contributed by atoms with Crippen molar-refractivity contribution in [3.63, 3.8) is 0 Å². The molecule has 14 heteroatoms. The molecule has 0 aliphatic carbocycles. The number of ether oxygens (including phenoxy) is 4. The Hall–Kier alpha value is -1.01. The number of aliphatic hydroxyl groups is 8. The molecule has 2 aliphatic rings. The van der Waals surface area contributed by atoms with Crippen LogP contribution in [0, 0.1) is 0 Å². The lowest BCUT2D eigenvalue weighted by Crippen LogP contribution is -2.65. The quantitative estimate of drug-likeness (QED) is 0.0377. The highest BCUT2D eigenvalue weighted by Gasteiger charge is 2.51. The summed E-state index contributed by atoms with van der Waals surface area (Å²) in [4.78, 5) is 13.0. The molecule has 0 aromatic carbocycles. The van der Waals surface area contributed by atoms with E-state index < -0.39 is 86.8 Å². The Morgan fingerprint density at radius 1 is 0.542 bits per heavy atom. The van der Waals surface area contributed by atoms with Gasteiger partial charge in [0, 0.05) is 6.42 Å². The van der Waals surface area contributed by atoms with Gasteiger partial charge in [0.1, 0.15) is 48.8 Å². The molecule has 2 aliphatic heterocycles. The standard InChI is InChI=1S/C45H87NO13/c1-3-5-7-9-10-11-12-13-14-15-16-17-18-19-20-21-22-23-25-27-29-37(50)46-33(34(49)28-26-24-8-6-4-2)32-56-44-42(55)40(53)43(36(31-48)58-44)59-45-41(54)39(52)38(51)35(30-47)57-45/h33-36,38-45,47-49,51-55H,3-32H2,1-2H3,(H,46,50). The first-order valence-electron chi connectivity index (χ1n) is 23.8. The van der Waals surface area contributed by atoms with E-state index in [1.54, 1.807) is 0 Å². The third-order valence-electron chi connectivity index (χ3n) is 12.1. The molecule has 2 rings (SSSR count). The average Bonchev–Trinajstić information content (AvgIpc) is 3.23. The van der Waals surface area contributed by atoms with Crippen LogP contribution < -0.4 is 5.32 Å². The summed E-state index contributed by atoms with van der Waals surface area (Å²) in [6, 6.07) is -0.817. The molecule has 14 nitrogen and oxygen atoms in total. The Kier molecular flexibility index (Phi) is 30.8. The number of nitrogens with one attached hydrogen (secondary N) is 1. The minimum Gasteiger partial charge on any atom is -0.394 e. The molecule has 0 spiro atoms. The lowest BCUT2D eigenvalue weighted by atomic mass is 9.97. The molecule has 9 N–H and O–H groups in total. The average molecular weight is 850 g/mol. The van der Waals surface area contributed by atoms with Gasteiger partial charge in [-0.3, -0.25) is 4.79 Å². The second-order valence-corrected chi connectivity index (χ2v) is 17.2. The highest BCUT2D eigenvalue weighted by atomic mass is 16.7. The number of hydrogen-bond donors (Lipinski definition) is 9. The third-order valence-corrected chi connectivity index (χ3v) is 12.1. The highest BCUT2D eigenvalue weighted by Crippen LogP contribution is 2.30. The van der Waals surface area contributed by atoms with Crippen LogP contribution in [-0.2, 0) is 23.7 Å². The molecule has 1 amide bonds. The first-order chi connectivity index (χ1) is 28.6. The van der Waals surface area contributed by atoms with Crippen LogP contribution in [0.5, 0.6) is 0 Å². The van der Waals surface area contributed by atoms with Crippen molar-refractivity contribution in [2.75, 3.05) is 19.8 Å². The summed E-state index contributed by atoms with van der Waals surface area (Å²) in [6.45, 7) is 2.75. The van der Waals surface area contributed by atoms with Gasteiger partial charge in [-0.1, -0.05) is 168 Å². The Bertz CT molecular complexity index is 1010. The van der Waals surface area contributed by atoms with Crippen LogP contribution in [-0.4, -0.2) is 140 Å². The third kappa shape index (κ3) is 21.8. The molecule has 2 heterocycles. The summed E-state index contributed by atoms with van der Waals surface area (Å²) in [5, 5.41) is 86.2. The van der Waals surface area contributed by atoms with Crippen molar-refractivity contribution in [1.82, 2.24) is 5.32 Å². The SMILES string of the molecule is CCCCCCCCCCCCCCCCCCCCCCC(=O)NC(COC1OC(CO)C(OC2OC(CO)C(O)C(O)C2O)C(O)C1O)C(O)CCCCCCC. The van der Waals surface area contributed by atoms with Crippen molar-refractivity contribution in [1.29, 1.82) is 0 Å². The first kappa shape index (κ1) is 54.1. The summed E-state index contributed by atoms with van der Waals surface area (Å²) >= 11 is 0. The molecule has 2 fully saturated rings. The van der Waals surface area contributed by atoms with Crippen molar-refractivity contribution in [2.24, 2.45) is 0 Å². The summed E-state index contributed by atoms with van der Waals surface area (Å²) in [7, 11) is 0. The van der Waals surface area contributed by atoms with Gasteiger partial charge in [0.05, 0.1) is 32.0 Å². The van der Waals surface area contributed by atoms with Gasteiger partial charge in [0.15, 0.2) is 12.6 Å². The lowest BCUT2D eigenvalue weighted by molar-refractivity contribution is -0.359. The van der Waals surface area contributed by atoms with Gasteiger partial charge < -0.3 is 65.1 Å². The minimum absolute atomic E-state index is 0.211. The summed E-state index contributed by atoms with van der Waals surface area (Å²) < 4.78 is 22.6. The second-order valence-electron chi connectivity index (χ2n) is 17.2. The zero-order valence-electron chi connectivity index (χ0n) is 36.8. The van der Waals surface area contributed by atoms with E-state index in [0.717, 1.165) is 57.8 Å². The summed E-state index contributed by atoms with van der Waals surface area (Å²) in [6.07, 6.45) is 14.6. The lowest BCUT2D eigenvalue weighted by Gasteiger charge is -2.46. The Balaban J connectivity index is 1.72. The summed E-state index contributed by atoms with van der Waals surface area (Å²) in [5.41, 5.74) is 0. The maximum absolute atomic E-state index is 13.0. The van der Waals surface area contributed by atoms with E-state index in [2.05, 4.69) is 19.2 Å². The fourth-order valence-corrected chi connectivity index (χ4v) is 8.12. The fourth-order valence-electron chi connectivity index (χ4n) is 8.12. The number of hydrogen-bond acceptors (Lipinski definition) is 13. The van der Waals surface area contributed by atoms with Gasteiger partial charge in [-0.15, -0.1) is 0 Å².